The maximum absolute atomic E-state index is 11.4. The Kier molecular flexibility index (Phi) is 4.08. The molecule has 0 aliphatic rings. The first kappa shape index (κ1) is 13.4. The number of amides is 3. The summed E-state index contributed by atoms with van der Waals surface area (Å²) in [7, 11) is 1.78. The summed E-state index contributed by atoms with van der Waals surface area (Å²) in [6, 6.07) is 7.04. The fraction of sp³-hybridized carbons (Fsp3) is 0.250. The Balaban J connectivity index is 1.96. The van der Waals surface area contributed by atoms with E-state index in [1.165, 1.54) is 0 Å². The Morgan fingerprint density at radius 2 is 2.16 bits per heavy atom. The van der Waals surface area contributed by atoms with E-state index in [2.05, 4.69) is 4.98 Å². The van der Waals surface area contributed by atoms with Crippen LogP contribution in [0, 0.1) is 0 Å². The number of aromatic nitrogens is 1. The minimum atomic E-state index is -0.835. The van der Waals surface area contributed by atoms with Gasteiger partial charge in [-0.2, -0.15) is 0 Å². The number of para-hydroxylation sites is 1. The van der Waals surface area contributed by atoms with Gasteiger partial charge in [0, 0.05) is 0 Å². The van der Waals surface area contributed by atoms with Gasteiger partial charge in [-0.15, -0.1) is 11.3 Å². The number of carbonyl (C=O) groups is 2. The van der Waals surface area contributed by atoms with Crippen molar-refractivity contribution in [3.8, 4) is 0 Å². The van der Waals surface area contributed by atoms with Crippen molar-refractivity contribution in [2.75, 3.05) is 13.6 Å². The van der Waals surface area contributed by atoms with Gasteiger partial charge in [0.25, 0.3) is 0 Å². The van der Waals surface area contributed by atoms with Gasteiger partial charge in [-0.1, -0.05) is 12.1 Å². The van der Waals surface area contributed by atoms with Crippen molar-refractivity contribution in [2.24, 2.45) is 5.73 Å². The number of fused-ring (bicyclic) bond motifs is 1. The summed E-state index contributed by atoms with van der Waals surface area (Å²) in [5, 5.41) is 2.95. The van der Waals surface area contributed by atoms with E-state index in [-0.39, 0.29) is 6.54 Å². The van der Waals surface area contributed by atoms with Gasteiger partial charge in [0.1, 0.15) is 5.01 Å². The van der Waals surface area contributed by atoms with Crippen molar-refractivity contribution in [3.63, 3.8) is 0 Å². The second-order valence-corrected chi connectivity index (χ2v) is 5.28. The number of nitrogens with zero attached hydrogens (tertiary/aromatic N) is 2. The summed E-state index contributed by atoms with van der Waals surface area (Å²) in [4.78, 5) is 28.1. The van der Waals surface area contributed by atoms with Crippen LogP contribution in [-0.4, -0.2) is 35.4 Å². The fourth-order valence-electron chi connectivity index (χ4n) is 1.70. The number of imide groups is 1. The summed E-state index contributed by atoms with van der Waals surface area (Å²) >= 11 is 1.59. The van der Waals surface area contributed by atoms with Gasteiger partial charge < -0.3 is 5.73 Å². The summed E-state index contributed by atoms with van der Waals surface area (Å²) in [6.07, 6.45) is 0. The Bertz CT molecular complexity index is 578. The molecule has 6 nitrogen and oxygen atoms in total. The lowest BCUT2D eigenvalue weighted by atomic mass is 10.3. The Morgan fingerprint density at radius 1 is 1.42 bits per heavy atom. The number of primary amides is 1. The van der Waals surface area contributed by atoms with Gasteiger partial charge in [-0.05, 0) is 19.2 Å². The molecule has 2 rings (SSSR count). The second-order valence-electron chi connectivity index (χ2n) is 4.16. The molecule has 100 valence electrons. The lowest BCUT2D eigenvalue weighted by Gasteiger charge is -2.13. The van der Waals surface area contributed by atoms with Gasteiger partial charge >= 0.3 is 6.03 Å². The Hall–Kier alpha value is -1.99. The molecule has 1 aromatic carbocycles. The highest BCUT2D eigenvalue weighted by atomic mass is 32.1. The molecule has 0 spiro atoms. The molecule has 0 unspecified atom stereocenters. The third-order valence-corrected chi connectivity index (χ3v) is 3.44. The number of rotatable bonds is 4. The molecule has 0 aliphatic heterocycles. The molecule has 2 aromatic rings. The van der Waals surface area contributed by atoms with Crippen molar-refractivity contribution in [1.29, 1.82) is 0 Å². The Labute approximate surface area is 114 Å². The van der Waals surface area contributed by atoms with Crippen molar-refractivity contribution in [3.05, 3.63) is 29.3 Å². The van der Waals surface area contributed by atoms with Crippen LogP contribution in [0.15, 0.2) is 24.3 Å². The molecular formula is C12H14N4O2S. The SMILES string of the molecule is CN(CC(=O)NC(N)=O)Cc1nc2ccccc2s1. The van der Waals surface area contributed by atoms with Gasteiger partial charge in [-0.25, -0.2) is 9.78 Å². The van der Waals surface area contributed by atoms with Crippen LogP contribution in [0.1, 0.15) is 5.01 Å². The molecule has 1 aromatic heterocycles. The van der Waals surface area contributed by atoms with Crippen LogP contribution in [0.3, 0.4) is 0 Å². The minimum Gasteiger partial charge on any atom is -0.351 e. The number of urea groups is 1. The highest BCUT2D eigenvalue weighted by Crippen LogP contribution is 2.22. The molecular weight excluding hydrogens is 264 g/mol. The maximum atomic E-state index is 11.4. The van der Waals surface area contributed by atoms with E-state index in [9.17, 15) is 9.59 Å². The maximum Gasteiger partial charge on any atom is 0.318 e. The van der Waals surface area contributed by atoms with Crippen LogP contribution in [0.4, 0.5) is 4.79 Å². The van der Waals surface area contributed by atoms with Crippen molar-refractivity contribution >= 4 is 33.5 Å². The zero-order chi connectivity index (χ0) is 13.8. The normalized spacial score (nSPS) is 10.8. The predicted molar refractivity (Wildman–Crippen MR) is 73.7 cm³/mol. The molecule has 0 fully saturated rings. The number of likely N-dealkylation sites (N-methyl/N-ethyl adjacent to an activating group) is 1. The number of hydrogen-bond donors (Lipinski definition) is 2. The first-order chi connectivity index (χ1) is 9.04. The monoisotopic (exact) mass is 278 g/mol. The average Bonchev–Trinajstić information content (AvgIpc) is 2.68. The smallest absolute Gasteiger partial charge is 0.318 e. The molecule has 0 saturated carbocycles. The summed E-state index contributed by atoms with van der Waals surface area (Å²) in [5.41, 5.74) is 5.83. The summed E-state index contributed by atoms with van der Waals surface area (Å²) in [5.74, 6) is -0.420. The van der Waals surface area contributed by atoms with Crippen molar-refractivity contribution in [2.45, 2.75) is 6.54 Å². The summed E-state index contributed by atoms with van der Waals surface area (Å²) in [6.45, 7) is 0.643. The van der Waals surface area contributed by atoms with Crippen LogP contribution >= 0.6 is 11.3 Å². The third kappa shape index (κ3) is 3.73. The zero-order valence-electron chi connectivity index (χ0n) is 10.4. The molecule has 3 N–H and O–H groups in total. The van der Waals surface area contributed by atoms with E-state index < -0.39 is 11.9 Å². The largest absolute Gasteiger partial charge is 0.351 e. The van der Waals surface area contributed by atoms with E-state index in [0.29, 0.717) is 6.54 Å². The molecule has 0 saturated heterocycles. The first-order valence-electron chi connectivity index (χ1n) is 5.67. The van der Waals surface area contributed by atoms with Crippen molar-refractivity contribution in [1.82, 2.24) is 15.2 Å². The molecule has 0 atom stereocenters. The number of thiazole rings is 1. The molecule has 0 radical (unpaired) electrons. The molecule has 3 amide bonds. The van der Waals surface area contributed by atoms with Crippen LogP contribution in [-0.2, 0) is 11.3 Å². The Morgan fingerprint density at radius 3 is 2.84 bits per heavy atom. The molecule has 1 heterocycles. The lowest BCUT2D eigenvalue weighted by molar-refractivity contribution is -0.120. The van der Waals surface area contributed by atoms with Crippen LogP contribution in [0.2, 0.25) is 0 Å². The average molecular weight is 278 g/mol. The molecule has 0 bridgehead atoms. The molecule has 0 aliphatic carbocycles. The standard InChI is InChI=1S/C12H14N4O2S/c1-16(6-10(17)15-12(13)18)7-11-14-8-4-2-3-5-9(8)19-11/h2-5H,6-7H2,1H3,(H3,13,15,17,18). The highest BCUT2D eigenvalue weighted by molar-refractivity contribution is 7.18. The van der Waals surface area contributed by atoms with Crippen LogP contribution < -0.4 is 11.1 Å². The number of nitrogens with one attached hydrogen (secondary N) is 1. The zero-order valence-corrected chi connectivity index (χ0v) is 11.2. The van der Waals surface area contributed by atoms with E-state index >= 15 is 0 Å². The number of benzene rings is 1. The van der Waals surface area contributed by atoms with Gasteiger partial charge in [-0.3, -0.25) is 15.0 Å². The van der Waals surface area contributed by atoms with Crippen LogP contribution in [0.5, 0.6) is 0 Å². The van der Waals surface area contributed by atoms with Gasteiger partial charge in [0.2, 0.25) is 5.91 Å². The minimum absolute atomic E-state index is 0.0961. The van der Waals surface area contributed by atoms with Gasteiger partial charge in [0.05, 0.1) is 23.3 Å². The van der Waals surface area contributed by atoms with Crippen molar-refractivity contribution < 1.29 is 9.59 Å². The topological polar surface area (TPSA) is 88.3 Å². The fourth-order valence-corrected chi connectivity index (χ4v) is 2.74. The quantitative estimate of drug-likeness (QED) is 0.870. The number of nitrogens with two attached hydrogens (primary N) is 1. The van der Waals surface area contributed by atoms with Crippen LogP contribution in [0.25, 0.3) is 10.2 Å². The number of carbonyl (C=O) groups excluding carboxylic acids is 2. The third-order valence-electron chi connectivity index (χ3n) is 2.42. The predicted octanol–water partition coefficient (Wildman–Crippen LogP) is 0.923. The number of hydrogen-bond acceptors (Lipinski definition) is 5. The van der Waals surface area contributed by atoms with E-state index in [1.807, 2.05) is 29.6 Å². The lowest BCUT2D eigenvalue weighted by Crippen LogP contribution is -2.40. The van der Waals surface area contributed by atoms with E-state index in [4.69, 9.17) is 5.73 Å². The highest BCUT2D eigenvalue weighted by Gasteiger charge is 2.11. The molecule has 19 heavy (non-hydrogen) atoms. The first-order valence-corrected chi connectivity index (χ1v) is 6.48. The summed E-state index contributed by atoms with van der Waals surface area (Å²) < 4.78 is 1.12. The second kappa shape index (κ2) is 5.77. The van der Waals surface area contributed by atoms with E-state index in [1.54, 1.807) is 23.3 Å². The van der Waals surface area contributed by atoms with Gasteiger partial charge in [0.15, 0.2) is 0 Å². The van der Waals surface area contributed by atoms with E-state index in [0.717, 1.165) is 15.2 Å². The molecule has 7 heteroatoms.